The summed E-state index contributed by atoms with van der Waals surface area (Å²) in [4.78, 5) is 12.0. The highest BCUT2D eigenvalue weighted by Crippen LogP contribution is 2.40. The van der Waals surface area contributed by atoms with E-state index in [1.165, 1.54) is 25.7 Å². The van der Waals surface area contributed by atoms with Crippen molar-refractivity contribution in [1.29, 1.82) is 0 Å². The maximum Gasteiger partial charge on any atom is 0.194 e. The van der Waals surface area contributed by atoms with E-state index in [9.17, 15) is 4.79 Å². The zero-order chi connectivity index (χ0) is 13.1. The molecular weight excluding hydrogens is 251 g/mol. The Balaban J connectivity index is 3.79. The van der Waals surface area contributed by atoms with E-state index in [-0.39, 0.29) is 10.8 Å². The van der Waals surface area contributed by atoms with Gasteiger partial charge < -0.3 is 4.52 Å². The lowest BCUT2D eigenvalue weighted by atomic mass is 10.1. The molecule has 2 nitrogen and oxygen atoms in total. The number of rotatable bonds is 11. The Hall–Kier alpha value is 0.410. The molecule has 0 radical (unpaired) electrons. The van der Waals surface area contributed by atoms with Crippen molar-refractivity contribution in [3.63, 3.8) is 0 Å². The van der Waals surface area contributed by atoms with Gasteiger partial charge in [0.25, 0.3) is 0 Å². The van der Waals surface area contributed by atoms with Crippen molar-refractivity contribution in [2.45, 2.75) is 64.5 Å². The topological polar surface area (TPSA) is 26.3 Å². The highest BCUT2D eigenvalue weighted by atomic mass is 32.1. The average Bonchev–Trinajstić information content (AvgIpc) is 2.34. The van der Waals surface area contributed by atoms with E-state index in [0.29, 0.717) is 6.61 Å². The standard InChI is InChI=1S/C13H27O2PS/c1-4-7-8-9-10-11-12(17)13(14)16(6-3)15-5-2/h12,17H,4-11H2,1-3H3. The molecule has 0 aliphatic heterocycles. The molecule has 0 aliphatic rings. The average molecular weight is 278 g/mol. The van der Waals surface area contributed by atoms with E-state index in [1.54, 1.807) is 0 Å². The largest absolute Gasteiger partial charge is 0.352 e. The lowest BCUT2D eigenvalue weighted by molar-refractivity contribution is -0.111. The quantitative estimate of drug-likeness (QED) is 0.339. The molecule has 0 aromatic rings. The Morgan fingerprint density at radius 1 is 1.18 bits per heavy atom. The first kappa shape index (κ1) is 17.4. The fourth-order valence-electron chi connectivity index (χ4n) is 1.70. The van der Waals surface area contributed by atoms with Gasteiger partial charge in [0.05, 0.1) is 13.4 Å². The van der Waals surface area contributed by atoms with Crippen LogP contribution in [0.3, 0.4) is 0 Å². The normalized spacial score (nSPS) is 14.6. The summed E-state index contributed by atoms with van der Waals surface area (Å²) in [6.45, 7) is 6.79. The van der Waals surface area contributed by atoms with Crippen LogP contribution in [0.1, 0.15) is 59.3 Å². The van der Waals surface area contributed by atoms with Crippen molar-refractivity contribution < 1.29 is 9.32 Å². The third-order valence-corrected chi connectivity index (χ3v) is 5.33. The van der Waals surface area contributed by atoms with E-state index in [4.69, 9.17) is 4.52 Å². The molecule has 2 unspecified atom stereocenters. The number of carbonyl (C=O) groups excluding carboxylic acids is 1. The maximum atomic E-state index is 12.0. The van der Waals surface area contributed by atoms with Crippen LogP contribution in [0.5, 0.6) is 0 Å². The van der Waals surface area contributed by atoms with Crippen LogP contribution < -0.4 is 0 Å². The van der Waals surface area contributed by atoms with Gasteiger partial charge in [-0.05, 0) is 19.5 Å². The first-order valence-electron chi connectivity index (χ1n) is 6.79. The Kier molecular flexibility index (Phi) is 11.8. The number of thiol groups is 1. The molecule has 0 rings (SSSR count). The van der Waals surface area contributed by atoms with Crippen LogP contribution in [0.2, 0.25) is 0 Å². The molecule has 0 saturated carbocycles. The highest BCUT2D eigenvalue weighted by Gasteiger charge is 2.23. The van der Waals surface area contributed by atoms with Crippen molar-refractivity contribution in [2.75, 3.05) is 12.8 Å². The molecule has 0 N–H and O–H groups in total. The molecule has 102 valence electrons. The second kappa shape index (κ2) is 11.5. The van der Waals surface area contributed by atoms with Crippen molar-refractivity contribution in [3.05, 3.63) is 0 Å². The molecule has 0 bridgehead atoms. The van der Waals surface area contributed by atoms with Gasteiger partial charge in [0, 0.05) is 6.61 Å². The Bertz CT molecular complexity index is 200. The molecule has 0 spiro atoms. The Labute approximate surface area is 113 Å². The van der Waals surface area contributed by atoms with Crippen LogP contribution >= 0.6 is 20.8 Å². The van der Waals surface area contributed by atoms with Crippen LogP contribution in [0.4, 0.5) is 0 Å². The van der Waals surface area contributed by atoms with Gasteiger partial charge in [-0.25, -0.2) is 0 Å². The first-order valence-corrected chi connectivity index (χ1v) is 8.75. The van der Waals surface area contributed by atoms with Crippen LogP contribution in [0, 0.1) is 0 Å². The third kappa shape index (κ3) is 8.18. The predicted octanol–water partition coefficient (Wildman–Crippen LogP) is 4.63. The predicted molar refractivity (Wildman–Crippen MR) is 80.2 cm³/mol. The SMILES string of the molecule is CCCCCCCC(S)C(=O)P(CC)OCC. The summed E-state index contributed by atoms with van der Waals surface area (Å²) in [6.07, 6.45) is 7.88. The van der Waals surface area contributed by atoms with Crippen molar-refractivity contribution >= 4 is 26.3 Å². The minimum atomic E-state index is -0.902. The zero-order valence-electron chi connectivity index (χ0n) is 11.4. The van der Waals surface area contributed by atoms with E-state index in [0.717, 1.165) is 19.0 Å². The van der Waals surface area contributed by atoms with Gasteiger partial charge in [0.2, 0.25) is 0 Å². The number of hydrogen-bond donors (Lipinski definition) is 1. The van der Waals surface area contributed by atoms with Crippen molar-refractivity contribution in [3.8, 4) is 0 Å². The number of unbranched alkanes of at least 4 members (excludes halogenated alkanes) is 4. The van der Waals surface area contributed by atoms with Crippen LogP contribution in [0.25, 0.3) is 0 Å². The summed E-state index contributed by atoms with van der Waals surface area (Å²) in [5.41, 5.74) is 0.225. The summed E-state index contributed by atoms with van der Waals surface area (Å²) >= 11 is 4.42. The van der Waals surface area contributed by atoms with Gasteiger partial charge in [-0.3, -0.25) is 4.79 Å². The molecule has 0 saturated heterocycles. The zero-order valence-corrected chi connectivity index (χ0v) is 13.2. The molecule has 0 heterocycles. The van der Waals surface area contributed by atoms with Crippen LogP contribution in [-0.4, -0.2) is 23.5 Å². The summed E-state index contributed by atoms with van der Waals surface area (Å²) in [5.74, 6) is 0. The monoisotopic (exact) mass is 278 g/mol. The van der Waals surface area contributed by atoms with Crippen molar-refractivity contribution in [2.24, 2.45) is 0 Å². The second-order valence-corrected chi connectivity index (χ2v) is 6.88. The second-order valence-electron chi connectivity index (χ2n) is 4.17. The first-order chi connectivity index (χ1) is 8.17. The van der Waals surface area contributed by atoms with Crippen molar-refractivity contribution in [1.82, 2.24) is 0 Å². The number of hydrogen-bond acceptors (Lipinski definition) is 3. The van der Waals surface area contributed by atoms with Gasteiger partial charge >= 0.3 is 0 Å². The Morgan fingerprint density at radius 2 is 1.82 bits per heavy atom. The lowest BCUT2D eigenvalue weighted by Gasteiger charge is -2.17. The molecular formula is C13H27O2PS. The van der Waals surface area contributed by atoms with Gasteiger partial charge in [-0.1, -0.05) is 46.0 Å². The molecule has 0 aliphatic carbocycles. The fourth-order valence-corrected chi connectivity index (χ4v) is 3.66. The van der Waals surface area contributed by atoms with Gasteiger partial charge in [-0.2, -0.15) is 12.6 Å². The smallest absolute Gasteiger partial charge is 0.194 e. The minimum absolute atomic E-state index is 0.116. The summed E-state index contributed by atoms with van der Waals surface area (Å²) in [7, 11) is -0.902. The van der Waals surface area contributed by atoms with Crippen LogP contribution in [-0.2, 0) is 9.32 Å². The molecule has 0 fully saturated rings. The number of carbonyl (C=O) groups is 1. The minimum Gasteiger partial charge on any atom is -0.352 e. The lowest BCUT2D eigenvalue weighted by Crippen LogP contribution is -2.14. The molecule has 0 aromatic carbocycles. The summed E-state index contributed by atoms with van der Waals surface area (Å²) in [6, 6.07) is 0. The van der Waals surface area contributed by atoms with Gasteiger partial charge in [0.1, 0.15) is 0 Å². The molecule has 2 atom stereocenters. The van der Waals surface area contributed by atoms with E-state index in [2.05, 4.69) is 19.6 Å². The van der Waals surface area contributed by atoms with E-state index >= 15 is 0 Å². The van der Waals surface area contributed by atoms with Gasteiger partial charge in [0.15, 0.2) is 5.52 Å². The fraction of sp³-hybridized carbons (Fsp3) is 0.923. The third-order valence-electron chi connectivity index (χ3n) is 2.68. The molecule has 4 heteroatoms. The van der Waals surface area contributed by atoms with Crippen LogP contribution in [0.15, 0.2) is 0 Å². The maximum absolute atomic E-state index is 12.0. The van der Waals surface area contributed by atoms with E-state index < -0.39 is 8.15 Å². The van der Waals surface area contributed by atoms with Gasteiger partial charge in [-0.15, -0.1) is 0 Å². The summed E-state index contributed by atoms with van der Waals surface area (Å²) in [5, 5.41) is -0.116. The molecule has 0 aromatic heterocycles. The summed E-state index contributed by atoms with van der Waals surface area (Å²) < 4.78 is 5.49. The molecule has 0 amide bonds. The Morgan fingerprint density at radius 3 is 2.35 bits per heavy atom. The highest BCUT2D eigenvalue weighted by molar-refractivity contribution is 7.85. The molecule has 17 heavy (non-hydrogen) atoms. The van der Waals surface area contributed by atoms with E-state index in [1.807, 2.05) is 13.8 Å².